The zero-order chi connectivity index (χ0) is 16.7. The first-order chi connectivity index (χ1) is 11.1. The summed E-state index contributed by atoms with van der Waals surface area (Å²) in [5.41, 5.74) is 2.29. The van der Waals surface area contributed by atoms with Gasteiger partial charge in [0.15, 0.2) is 5.82 Å². The molecule has 1 aromatic carbocycles. The molecule has 124 valence electrons. The average Bonchev–Trinajstić information content (AvgIpc) is 2.93. The maximum atomic E-state index is 11.8. The molecule has 1 heterocycles. The molecule has 0 aliphatic heterocycles. The monoisotopic (exact) mass is 317 g/mol. The summed E-state index contributed by atoms with van der Waals surface area (Å²) >= 11 is 0. The Kier molecular flexibility index (Phi) is 6.14. The van der Waals surface area contributed by atoms with Gasteiger partial charge in [0.2, 0.25) is 11.8 Å². The number of nitrogens with one attached hydrogen (secondary N) is 1. The SMILES string of the molecule is COc1ccc(C)cc1CCNC(=O)CCCc1nc(C)no1. The van der Waals surface area contributed by atoms with E-state index in [-0.39, 0.29) is 5.91 Å². The molecule has 2 aromatic rings. The van der Waals surface area contributed by atoms with Gasteiger partial charge in [0.25, 0.3) is 0 Å². The lowest BCUT2D eigenvalue weighted by Gasteiger charge is -2.10. The predicted octanol–water partition coefficient (Wildman–Crippen LogP) is 2.38. The molecule has 0 spiro atoms. The van der Waals surface area contributed by atoms with E-state index < -0.39 is 0 Å². The highest BCUT2D eigenvalue weighted by Crippen LogP contribution is 2.19. The Morgan fingerprint density at radius 1 is 1.30 bits per heavy atom. The number of nitrogens with zero attached hydrogens (tertiary/aromatic N) is 2. The van der Waals surface area contributed by atoms with Crippen molar-refractivity contribution in [1.29, 1.82) is 0 Å². The van der Waals surface area contributed by atoms with Gasteiger partial charge in [-0.3, -0.25) is 4.79 Å². The second kappa shape index (κ2) is 8.31. The van der Waals surface area contributed by atoms with Crippen LogP contribution < -0.4 is 10.1 Å². The third-order valence-corrected chi connectivity index (χ3v) is 3.52. The standard InChI is InChI=1S/C17H23N3O3/c1-12-7-8-15(22-3)14(11-12)9-10-18-16(21)5-4-6-17-19-13(2)20-23-17/h7-8,11H,4-6,9-10H2,1-3H3,(H,18,21). The second-order valence-corrected chi connectivity index (χ2v) is 5.50. The summed E-state index contributed by atoms with van der Waals surface area (Å²) in [4.78, 5) is 16.0. The number of aromatic nitrogens is 2. The zero-order valence-corrected chi connectivity index (χ0v) is 13.9. The van der Waals surface area contributed by atoms with Gasteiger partial charge in [-0.15, -0.1) is 0 Å². The maximum absolute atomic E-state index is 11.8. The molecule has 6 nitrogen and oxygen atoms in total. The van der Waals surface area contributed by atoms with Crippen LogP contribution in [-0.4, -0.2) is 29.7 Å². The van der Waals surface area contributed by atoms with Crippen LogP contribution in [0.1, 0.15) is 35.7 Å². The number of hydrogen-bond acceptors (Lipinski definition) is 5. The lowest BCUT2D eigenvalue weighted by atomic mass is 10.1. The van der Waals surface area contributed by atoms with Crippen LogP contribution >= 0.6 is 0 Å². The Morgan fingerprint density at radius 2 is 2.13 bits per heavy atom. The Morgan fingerprint density at radius 3 is 2.83 bits per heavy atom. The zero-order valence-electron chi connectivity index (χ0n) is 13.9. The summed E-state index contributed by atoms with van der Waals surface area (Å²) < 4.78 is 10.4. The fourth-order valence-corrected chi connectivity index (χ4v) is 2.37. The number of benzene rings is 1. The van der Waals surface area contributed by atoms with Crippen LogP contribution in [0.2, 0.25) is 0 Å². The Balaban J connectivity index is 1.69. The number of rotatable bonds is 8. The number of methoxy groups -OCH3 is 1. The van der Waals surface area contributed by atoms with E-state index in [1.165, 1.54) is 5.56 Å². The number of carbonyl (C=O) groups excluding carboxylic acids is 1. The van der Waals surface area contributed by atoms with E-state index in [1.807, 2.05) is 19.1 Å². The highest BCUT2D eigenvalue weighted by atomic mass is 16.5. The van der Waals surface area contributed by atoms with Crippen LogP contribution in [0.3, 0.4) is 0 Å². The van der Waals surface area contributed by atoms with Gasteiger partial charge in [-0.1, -0.05) is 22.9 Å². The Bertz CT molecular complexity index is 652. The van der Waals surface area contributed by atoms with Gasteiger partial charge in [0, 0.05) is 19.4 Å². The second-order valence-electron chi connectivity index (χ2n) is 5.50. The smallest absolute Gasteiger partial charge is 0.226 e. The molecule has 0 saturated carbocycles. The molecule has 23 heavy (non-hydrogen) atoms. The fraction of sp³-hybridized carbons (Fsp3) is 0.471. The van der Waals surface area contributed by atoms with E-state index in [9.17, 15) is 4.79 Å². The molecule has 0 bridgehead atoms. The average molecular weight is 317 g/mol. The molecule has 1 N–H and O–H groups in total. The number of carbonyl (C=O) groups is 1. The third-order valence-electron chi connectivity index (χ3n) is 3.52. The van der Waals surface area contributed by atoms with Crippen molar-refractivity contribution in [3.8, 4) is 5.75 Å². The molecule has 2 rings (SSSR count). The molecular weight excluding hydrogens is 294 g/mol. The Hall–Kier alpha value is -2.37. The van der Waals surface area contributed by atoms with Crippen molar-refractivity contribution in [1.82, 2.24) is 15.5 Å². The van der Waals surface area contributed by atoms with Crippen molar-refractivity contribution in [3.05, 3.63) is 41.0 Å². The molecule has 1 amide bonds. The highest BCUT2D eigenvalue weighted by Gasteiger charge is 2.07. The van der Waals surface area contributed by atoms with Crippen LogP contribution in [0, 0.1) is 13.8 Å². The van der Waals surface area contributed by atoms with E-state index in [4.69, 9.17) is 9.26 Å². The lowest BCUT2D eigenvalue weighted by molar-refractivity contribution is -0.121. The van der Waals surface area contributed by atoms with E-state index in [0.717, 1.165) is 17.7 Å². The summed E-state index contributed by atoms with van der Waals surface area (Å²) in [5, 5.41) is 6.65. The van der Waals surface area contributed by atoms with Crippen molar-refractivity contribution in [2.24, 2.45) is 0 Å². The summed E-state index contributed by atoms with van der Waals surface area (Å²) in [6, 6.07) is 6.06. The molecule has 0 unspecified atom stereocenters. The van der Waals surface area contributed by atoms with Crippen molar-refractivity contribution in [3.63, 3.8) is 0 Å². The molecule has 1 aromatic heterocycles. The van der Waals surface area contributed by atoms with E-state index in [0.29, 0.717) is 37.5 Å². The van der Waals surface area contributed by atoms with Crippen LogP contribution in [0.4, 0.5) is 0 Å². The van der Waals surface area contributed by atoms with E-state index in [1.54, 1.807) is 14.0 Å². The van der Waals surface area contributed by atoms with Crippen molar-refractivity contribution in [2.75, 3.05) is 13.7 Å². The van der Waals surface area contributed by atoms with Gasteiger partial charge >= 0.3 is 0 Å². The third kappa shape index (κ3) is 5.39. The van der Waals surface area contributed by atoms with E-state index >= 15 is 0 Å². The molecule has 0 saturated heterocycles. The molecule has 6 heteroatoms. The molecule has 0 radical (unpaired) electrons. The summed E-state index contributed by atoms with van der Waals surface area (Å²) in [6.45, 7) is 4.42. The van der Waals surface area contributed by atoms with Gasteiger partial charge in [0.1, 0.15) is 5.75 Å². The van der Waals surface area contributed by atoms with Gasteiger partial charge in [-0.2, -0.15) is 4.98 Å². The fourth-order valence-electron chi connectivity index (χ4n) is 2.37. The van der Waals surface area contributed by atoms with Gasteiger partial charge in [-0.05, 0) is 38.3 Å². The summed E-state index contributed by atoms with van der Waals surface area (Å²) in [5.74, 6) is 2.10. The van der Waals surface area contributed by atoms with Crippen LogP contribution in [0.5, 0.6) is 5.75 Å². The first-order valence-corrected chi connectivity index (χ1v) is 7.78. The van der Waals surface area contributed by atoms with Crippen molar-refractivity contribution in [2.45, 2.75) is 39.5 Å². The quantitative estimate of drug-likeness (QED) is 0.809. The van der Waals surface area contributed by atoms with Gasteiger partial charge < -0.3 is 14.6 Å². The van der Waals surface area contributed by atoms with Gasteiger partial charge in [-0.25, -0.2) is 0 Å². The van der Waals surface area contributed by atoms with Gasteiger partial charge in [0.05, 0.1) is 7.11 Å². The topological polar surface area (TPSA) is 77.2 Å². The normalized spacial score (nSPS) is 10.6. The first-order valence-electron chi connectivity index (χ1n) is 7.78. The minimum Gasteiger partial charge on any atom is -0.496 e. The molecule has 0 atom stereocenters. The summed E-state index contributed by atoms with van der Waals surface area (Å²) in [7, 11) is 1.66. The summed E-state index contributed by atoms with van der Waals surface area (Å²) in [6.07, 6.45) is 2.52. The molecular formula is C17H23N3O3. The molecule has 0 aliphatic rings. The molecule has 0 aliphatic carbocycles. The lowest BCUT2D eigenvalue weighted by Crippen LogP contribution is -2.25. The number of ether oxygens (including phenoxy) is 1. The van der Waals surface area contributed by atoms with Crippen molar-refractivity contribution < 1.29 is 14.1 Å². The first kappa shape index (κ1) is 17.0. The minimum atomic E-state index is 0.0351. The number of amides is 1. The predicted molar refractivity (Wildman–Crippen MR) is 86.4 cm³/mol. The Labute approximate surface area is 136 Å². The van der Waals surface area contributed by atoms with Crippen LogP contribution in [0.25, 0.3) is 0 Å². The van der Waals surface area contributed by atoms with Crippen LogP contribution in [-0.2, 0) is 17.6 Å². The van der Waals surface area contributed by atoms with E-state index in [2.05, 4.69) is 21.5 Å². The van der Waals surface area contributed by atoms with Crippen LogP contribution in [0.15, 0.2) is 22.7 Å². The molecule has 0 fully saturated rings. The number of aryl methyl sites for hydroxylation is 3. The highest BCUT2D eigenvalue weighted by molar-refractivity contribution is 5.75. The number of hydrogen-bond donors (Lipinski definition) is 1. The minimum absolute atomic E-state index is 0.0351. The largest absolute Gasteiger partial charge is 0.496 e. The maximum Gasteiger partial charge on any atom is 0.226 e. The van der Waals surface area contributed by atoms with Crippen molar-refractivity contribution >= 4 is 5.91 Å².